The van der Waals surface area contributed by atoms with E-state index < -0.39 is 0 Å². The third-order valence-electron chi connectivity index (χ3n) is 9.83. The molecule has 4 nitrogen and oxygen atoms in total. The zero-order chi connectivity index (χ0) is 28.7. The Morgan fingerprint density at radius 3 is 2.29 bits per heavy atom. The van der Waals surface area contributed by atoms with Crippen LogP contribution < -0.4 is 15.4 Å². The Morgan fingerprint density at radius 2 is 1.76 bits per heavy atom. The van der Waals surface area contributed by atoms with Gasteiger partial charge in [0.05, 0.1) is 7.11 Å². The van der Waals surface area contributed by atoms with Crippen molar-refractivity contribution in [2.75, 3.05) is 38.7 Å². The van der Waals surface area contributed by atoms with Crippen molar-refractivity contribution in [1.29, 1.82) is 0 Å². The van der Waals surface area contributed by atoms with E-state index in [0.29, 0.717) is 23.4 Å². The van der Waals surface area contributed by atoms with E-state index in [1.807, 2.05) is 20.8 Å². The van der Waals surface area contributed by atoms with E-state index >= 15 is 0 Å². The van der Waals surface area contributed by atoms with Crippen molar-refractivity contribution in [1.82, 2.24) is 4.90 Å². The number of hydrogen-bond acceptors (Lipinski definition) is 4. The highest BCUT2D eigenvalue weighted by Gasteiger charge is 2.70. The highest BCUT2D eigenvalue weighted by atomic mass is 16.5. The topological polar surface area (TPSA) is 41.7 Å². The van der Waals surface area contributed by atoms with Crippen LogP contribution in [0.15, 0.2) is 30.4 Å². The predicted octanol–water partition coefficient (Wildman–Crippen LogP) is 7.90. The normalized spacial score (nSPS) is 32.1. The largest absolute Gasteiger partial charge is 0.497 e. The molecule has 1 aliphatic carbocycles. The van der Waals surface area contributed by atoms with Crippen LogP contribution in [0.3, 0.4) is 0 Å². The highest BCUT2D eigenvalue weighted by Crippen LogP contribution is 2.67. The van der Waals surface area contributed by atoms with Crippen LogP contribution in [-0.4, -0.2) is 50.8 Å². The summed E-state index contributed by atoms with van der Waals surface area (Å²) in [5, 5.41) is 0. The van der Waals surface area contributed by atoms with Gasteiger partial charge in [-0.05, 0) is 61.7 Å². The summed E-state index contributed by atoms with van der Waals surface area (Å²) >= 11 is 0. The molecule has 5 rings (SSSR count). The van der Waals surface area contributed by atoms with Crippen molar-refractivity contribution in [2.24, 2.45) is 28.9 Å². The van der Waals surface area contributed by atoms with Crippen LogP contribution in [0.25, 0.3) is 0 Å². The molecule has 4 aliphatic rings. The SMILES string of the molecule is CC.CCC(C)C.CCCC1C(C)C2N(C)c3cc(OC)ccc3C23CCN2CC=C[C@]1(CC)C23.CCN. The van der Waals surface area contributed by atoms with Crippen LogP contribution >= 0.6 is 0 Å². The standard InChI is InChI=1S/C25H36N2O.C5H12.C2H7N.C2H6/c1-6-9-19-17(3)22-25(20-11-10-18(28-5)16-21(20)26(22)4)13-15-27-14-8-12-24(19,7-2)23(25)27;1-4-5(2)3;1-2-3;1-2/h8,10-12,16-17,19,22-23H,6-7,9,13-15H2,1-5H3;5H,4H2,1-3H3;2-3H2,1H3;1-2H3/t17?,19?,22?,23?,24-,25?;;;/m0.../s1. The Morgan fingerprint density at radius 1 is 1.13 bits per heavy atom. The number of hydrogen-bond donors (Lipinski definition) is 1. The van der Waals surface area contributed by atoms with E-state index in [9.17, 15) is 0 Å². The van der Waals surface area contributed by atoms with Crippen molar-refractivity contribution in [2.45, 2.75) is 112 Å². The average molecular weight is 528 g/mol. The molecule has 5 unspecified atom stereocenters. The molecule has 1 spiro atoms. The van der Waals surface area contributed by atoms with Gasteiger partial charge in [-0.1, -0.05) is 93.4 Å². The molecule has 1 saturated carbocycles. The molecule has 1 saturated heterocycles. The van der Waals surface area contributed by atoms with Crippen molar-refractivity contribution in [3.05, 3.63) is 35.9 Å². The number of nitrogens with two attached hydrogens (primary N) is 1. The van der Waals surface area contributed by atoms with Gasteiger partial charge in [0, 0.05) is 48.3 Å². The van der Waals surface area contributed by atoms with E-state index in [1.54, 1.807) is 12.7 Å². The monoisotopic (exact) mass is 527 g/mol. The maximum atomic E-state index is 5.60. The van der Waals surface area contributed by atoms with Gasteiger partial charge in [0.15, 0.2) is 0 Å². The van der Waals surface area contributed by atoms with Crippen LogP contribution in [-0.2, 0) is 5.41 Å². The molecule has 0 radical (unpaired) electrons. The molecule has 0 amide bonds. The molecule has 218 valence electrons. The minimum absolute atomic E-state index is 0.251. The summed E-state index contributed by atoms with van der Waals surface area (Å²) in [5.74, 6) is 3.30. The second kappa shape index (κ2) is 14.2. The second-order valence-corrected chi connectivity index (χ2v) is 12.0. The van der Waals surface area contributed by atoms with E-state index in [4.69, 9.17) is 10.5 Å². The lowest BCUT2D eigenvalue weighted by molar-refractivity contribution is -0.0513. The first-order valence-electron chi connectivity index (χ1n) is 15.8. The fourth-order valence-corrected chi connectivity index (χ4v) is 8.28. The number of nitrogens with zero attached hydrogens (tertiary/aromatic N) is 2. The van der Waals surface area contributed by atoms with E-state index in [2.05, 4.69) is 88.7 Å². The molecule has 2 N–H and O–H groups in total. The Hall–Kier alpha value is -1.52. The predicted molar refractivity (Wildman–Crippen MR) is 167 cm³/mol. The Labute approximate surface area is 236 Å². The zero-order valence-electron chi connectivity index (χ0n) is 26.8. The van der Waals surface area contributed by atoms with Gasteiger partial charge in [-0.2, -0.15) is 0 Å². The minimum atomic E-state index is 0.251. The summed E-state index contributed by atoms with van der Waals surface area (Å²) in [6, 6.07) is 8.11. The molecule has 38 heavy (non-hydrogen) atoms. The minimum Gasteiger partial charge on any atom is -0.497 e. The van der Waals surface area contributed by atoms with Crippen LogP contribution in [0.5, 0.6) is 5.75 Å². The molecule has 1 aromatic carbocycles. The molecule has 2 fully saturated rings. The third kappa shape index (κ3) is 5.42. The van der Waals surface area contributed by atoms with Gasteiger partial charge in [-0.3, -0.25) is 4.90 Å². The zero-order valence-corrected chi connectivity index (χ0v) is 26.8. The molecule has 1 aromatic rings. The van der Waals surface area contributed by atoms with Crippen molar-refractivity contribution >= 4 is 5.69 Å². The molecule has 3 heterocycles. The summed E-state index contributed by atoms with van der Waals surface area (Å²) in [4.78, 5) is 5.46. The smallest absolute Gasteiger partial charge is 0.120 e. The van der Waals surface area contributed by atoms with Crippen molar-refractivity contribution in [3.8, 4) is 5.75 Å². The van der Waals surface area contributed by atoms with Crippen molar-refractivity contribution in [3.63, 3.8) is 0 Å². The Kier molecular flexibility index (Phi) is 12.2. The lowest BCUT2D eigenvalue weighted by Gasteiger charge is -2.62. The molecular weight excluding hydrogens is 466 g/mol. The molecule has 0 bridgehead atoms. The van der Waals surface area contributed by atoms with Crippen LogP contribution in [0, 0.1) is 23.2 Å². The third-order valence-corrected chi connectivity index (χ3v) is 9.83. The van der Waals surface area contributed by atoms with E-state index in [0.717, 1.165) is 30.7 Å². The maximum Gasteiger partial charge on any atom is 0.120 e. The van der Waals surface area contributed by atoms with Gasteiger partial charge in [-0.15, -0.1) is 0 Å². The lowest BCUT2D eigenvalue weighted by Crippen LogP contribution is -2.69. The van der Waals surface area contributed by atoms with E-state index in [1.165, 1.54) is 44.3 Å². The summed E-state index contributed by atoms with van der Waals surface area (Å²) in [5.41, 5.74) is 8.40. The second-order valence-electron chi connectivity index (χ2n) is 12.0. The van der Waals surface area contributed by atoms with Gasteiger partial charge in [0.2, 0.25) is 0 Å². The molecule has 3 aliphatic heterocycles. The van der Waals surface area contributed by atoms with Crippen LogP contribution in [0.1, 0.15) is 100.0 Å². The molecule has 4 heteroatoms. The Balaban J connectivity index is 0.000000443. The lowest BCUT2D eigenvalue weighted by atomic mass is 9.46. The number of fused-ring (bicyclic) bond motifs is 1. The van der Waals surface area contributed by atoms with Gasteiger partial charge in [0.1, 0.15) is 5.75 Å². The quantitative estimate of drug-likeness (QED) is 0.395. The van der Waals surface area contributed by atoms with Gasteiger partial charge in [0.25, 0.3) is 0 Å². The van der Waals surface area contributed by atoms with Gasteiger partial charge < -0.3 is 15.4 Å². The summed E-state index contributed by atoms with van der Waals surface area (Å²) in [6.45, 7) is 23.0. The van der Waals surface area contributed by atoms with Crippen molar-refractivity contribution < 1.29 is 4.74 Å². The molecule has 0 aromatic heterocycles. The first kappa shape index (κ1) is 32.7. The van der Waals surface area contributed by atoms with E-state index in [-0.39, 0.29) is 5.41 Å². The highest BCUT2D eigenvalue weighted by molar-refractivity contribution is 5.69. The fourth-order valence-electron chi connectivity index (χ4n) is 8.28. The fraction of sp³-hybridized carbons (Fsp3) is 0.765. The molecule has 6 atom stereocenters. The molecular formula is C34H61N3O. The summed E-state index contributed by atoms with van der Waals surface area (Å²) < 4.78 is 5.60. The van der Waals surface area contributed by atoms with Crippen LogP contribution in [0.2, 0.25) is 0 Å². The Bertz CT molecular complexity index is 882. The van der Waals surface area contributed by atoms with Crippen LogP contribution in [0.4, 0.5) is 5.69 Å². The van der Waals surface area contributed by atoms with Gasteiger partial charge in [-0.25, -0.2) is 0 Å². The number of benzene rings is 1. The number of anilines is 1. The first-order chi connectivity index (χ1) is 18.2. The average Bonchev–Trinajstić information content (AvgIpc) is 3.44. The number of likely N-dealkylation sites (N-methyl/N-ethyl adjacent to an activating group) is 1. The summed E-state index contributed by atoms with van der Waals surface area (Å²) in [6.07, 6.45) is 11.6. The van der Waals surface area contributed by atoms with Gasteiger partial charge >= 0.3 is 0 Å². The number of ether oxygens (including phenoxy) is 1. The number of rotatable bonds is 5. The number of methoxy groups -OCH3 is 1. The first-order valence-corrected chi connectivity index (χ1v) is 15.8. The maximum absolute atomic E-state index is 5.60. The summed E-state index contributed by atoms with van der Waals surface area (Å²) in [7, 11) is 4.13.